The van der Waals surface area contributed by atoms with Gasteiger partial charge in [-0.2, -0.15) is 0 Å². The van der Waals surface area contributed by atoms with Crippen molar-refractivity contribution in [2.75, 3.05) is 22.9 Å². The predicted octanol–water partition coefficient (Wildman–Crippen LogP) is 2.88. The van der Waals surface area contributed by atoms with Gasteiger partial charge in [-0.15, -0.1) is 0 Å². The van der Waals surface area contributed by atoms with Crippen LogP contribution in [-0.2, 0) is 11.2 Å². The van der Waals surface area contributed by atoms with Crippen molar-refractivity contribution in [2.45, 2.75) is 45.1 Å². The molecule has 1 aromatic rings. The number of benzene rings is 1. The van der Waals surface area contributed by atoms with Gasteiger partial charge in [0.25, 0.3) is 5.69 Å². The van der Waals surface area contributed by atoms with Gasteiger partial charge in [0, 0.05) is 25.2 Å². The molecule has 6 heteroatoms. The molecule has 2 heterocycles. The van der Waals surface area contributed by atoms with Gasteiger partial charge in [0.15, 0.2) is 0 Å². The highest BCUT2D eigenvalue weighted by atomic mass is 16.6. The Hall–Kier alpha value is -2.11. The molecule has 1 fully saturated rings. The molecule has 1 saturated heterocycles. The van der Waals surface area contributed by atoms with Crippen LogP contribution in [0.2, 0.25) is 0 Å². The average molecular weight is 303 g/mol. The lowest BCUT2D eigenvalue weighted by molar-refractivity contribution is -0.384. The number of hydrogen-bond acceptors (Lipinski definition) is 4. The van der Waals surface area contributed by atoms with E-state index >= 15 is 0 Å². The number of carbonyl (C=O) groups is 1. The minimum absolute atomic E-state index is 0.0884. The SMILES string of the molecule is CC1CCc2cc(N3CCCCC3)c([N+](=O)[O-])cc2N1C=O. The predicted molar refractivity (Wildman–Crippen MR) is 85.5 cm³/mol. The summed E-state index contributed by atoms with van der Waals surface area (Å²) >= 11 is 0. The van der Waals surface area contributed by atoms with Crippen LogP contribution in [0.15, 0.2) is 12.1 Å². The van der Waals surface area contributed by atoms with Crippen molar-refractivity contribution in [3.63, 3.8) is 0 Å². The Kier molecular flexibility index (Phi) is 4.00. The Labute approximate surface area is 129 Å². The van der Waals surface area contributed by atoms with Crippen molar-refractivity contribution < 1.29 is 9.72 Å². The molecule has 0 radical (unpaired) electrons. The molecule has 0 spiro atoms. The summed E-state index contributed by atoms with van der Waals surface area (Å²) in [5, 5.41) is 11.5. The first-order valence-electron chi connectivity index (χ1n) is 7.91. The maximum atomic E-state index is 11.5. The Morgan fingerprint density at radius 3 is 2.59 bits per heavy atom. The van der Waals surface area contributed by atoms with Gasteiger partial charge in [-0.1, -0.05) is 0 Å². The molecule has 0 saturated carbocycles. The van der Waals surface area contributed by atoms with E-state index in [1.165, 1.54) is 6.42 Å². The lowest BCUT2D eigenvalue weighted by atomic mass is 9.95. The second-order valence-corrected chi connectivity index (χ2v) is 6.17. The Bertz CT molecular complexity index is 597. The molecule has 0 N–H and O–H groups in total. The minimum atomic E-state index is -0.327. The Balaban J connectivity index is 2.07. The van der Waals surface area contributed by atoms with Crippen molar-refractivity contribution in [1.82, 2.24) is 0 Å². The smallest absolute Gasteiger partial charge is 0.294 e. The number of nitrogens with zero attached hydrogens (tertiary/aromatic N) is 3. The van der Waals surface area contributed by atoms with E-state index in [0.717, 1.165) is 50.7 Å². The third-order valence-corrected chi connectivity index (χ3v) is 4.77. The fourth-order valence-electron chi connectivity index (χ4n) is 3.49. The van der Waals surface area contributed by atoms with Crippen molar-refractivity contribution >= 4 is 23.5 Å². The topological polar surface area (TPSA) is 66.7 Å². The summed E-state index contributed by atoms with van der Waals surface area (Å²) in [5.41, 5.74) is 2.56. The maximum absolute atomic E-state index is 11.5. The standard InChI is InChI=1S/C16H21N3O3/c1-12-5-6-13-9-15(17-7-3-2-4-8-17)16(19(21)22)10-14(13)18(12)11-20/h9-12H,2-8H2,1H3. The van der Waals surface area contributed by atoms with Crippen molar-refractivity contribution in [3.8, 4) is 0 Å². The fraction of sp³-hybridized carbons (Fsp3) is 0.562. The van der Waals surface area contributed by atoms with E-state index in [-0.39, 0.29) is 16.7 Å². The summed E-state index contributed by atoms with van der Waals surface area (Å²) < 4.78 is 0. The molecule has 1 atom stereocenters. The molecule has 1 unspecified atom stereocenters. The van der Waals surface area contributed by atoms with Crippen molar-refractivity contribution in [3.05, 3.63) is 27.8 Å². The molecule has 0 bridgehead atoms. The van der Waals surface area contributed by atoms with Crippen LogP contribution < -0.4 is 9.80 Å². The van der Waals surface area contributed by atoms with Gasteiger partial charge in [-0.3, -0.25) is 14.9 Å². The van der Waals surface area contributed by atoms with E-state index in [2.05, 4.69) is 4.90 Å². The normalized spacial score (nSPS) is 21.4. The number of nitro benzene ring substituents is 1. The van der Waals surface area contributed by atoms with Crippen LogP contribution in [0.3, 0.4) is 0 Å². The van der Waals surface area contributed by atoms with Gasteiger partial charge in [-0.25, -0.2) is 0 Å². The molecule has 1 aromatic carbocycles. The van der Waals surface area contributed by atoms with E-state index in [4.69, 9.17) is 0 Å². The average Bonchev–Trinajstić information content (AvgIpc) is 2.54. The highest BCUT2D eigenvalue weighted by Crippen LogP contribution is 2.40. The lowest BCUT2D eigenvalue weighted by Crippen LogP contribution is -2.36. The first-order valence-corrected chi connectivity index (χ1v) is 7.91. The number of anilines is 2. The van der Waals surface area contributed by atoms with Gasteiger partial charge in [0.05, 0.1) is 10.6 Å². The van der Waals surface area contributed by atoms with E-state index in [1.807, 2.05) is 13.0 Å². The van der Waals surface area contributed by atoms with E-state index < -0.39 is 0 Å². The highest BCUT2D eigenvalue weighted by molar-refractivity contribution is 5.83. The molecule has 3 rings (SSSR count). The number of hydrogen-bond donors (Lipinski definition) is 0. The molecule has 2 aliphatic rings. The van der Waals surface area contributed by atoms with Crippen molar-refractivity contribution in [1.29, 1.82) is 0 Å². The van der Waals surface area contributed by atoms with Crippen molar-refractivity contribution in [2.24, 2.45) is 0 Å². The van der Waals surface area contributed by atoms with Crippen LogP contribution in [0.5, 0.6) is 0 Å². The number of piperidine rings is 1. The number of nitro groups is 1. The number of rotatable bonds is 3. The molecule has 0 aromatic heterocycles. The first-order chi connectivity index (χ1) is 10.6. The van der Waals surface area contributed by atoms with Crippen LogP contribution in [-0.4, -0.2) is 30.5 Å². The Morgan fingerprint density at radius 1 is 1.23 bits per heavy atom. The summed E-state index contributed by atoms with van der Waals surface area (Å²) in [6.07, 6.45) is 5.87. The summed E-state index contributed by atoms with van der Waals surface area (Å²) in [4.78, 5) is 26.3. The molecule has 22 heavy (non-hydrogen) atoms. The first kappa shape index (κ1) is 14.8. The zero-order valence-electron chi connectivity index (χ0n) is 12.8. The summed E-state index contributed by atoms with van der Waals surface area (Å²) in [6.45, 7) is 3.71. The minimum Gasteiger partial charge on any atom is -0.366 e. The number of aryl methyl sites for hydroxylation is 1. The second-order valence-electron chi connectivity index (χ2n) is 6.17. The monoisotopic (exact) mass is 303 g/mol. The number of amides is 1. The summed E-state index contributed by atoms with van der Waals surface area (Å²) in [5.74, 6) is 0. The van der Waals surface area contributed by atoms with Crippen LogP contribution in [0.4, 0.5) is 17.1 Å². The van der Waals surface area contributed by atoms with Gasteiger partial charge >= 0.3 is 0 Å². The molecule has 2 aliphatic heterocycles. The van der Waals surface area contributed by atoms with E-state index in [0.29, 0.717) is 11.4 Å². The van der Waals surface area contributed by atoms with Gasteiger partial charge < -0.3 is 9.80 Å². The fourth-order valence-corrected chi connectivity index (χ4v) is 3.49. The second kappa shape index (κ2) is 5.94. The van der Waals surface area contributed by atoms with Crippen LogP contribution in [0, 0.1) is 10.1 Å². The third kappa shape index (κ3) is 2.53. The molecule has 118 valence electrons. The number of fused-ring (bicyclic) bond motifs is 1. The molecular formula is C16H21N3O3. The summed E-state index contributed by atoms with van der Waals surface area (Å²) in [7, 11) is 0. The zero-order valence-corrected chi connectivity index (χ0v) is 12.8. The lowest BCUT2D eigenvalue weighted by Gasteiger charge is -2.34. The number of carbonyl (C=O) groups excluding carboxylic acids is 1. The van der Waals surface area contributed by atoms with E-state index in [9.17, 15) is 14.9 Å². The van der Waals surface area contributed by atoms with Crippen LogP contribution in [0.1, 0.15) is 38.2 Å². The van der Waals surface area contributed by atoms with Crippen LogP contribution >= 0.6 is 0 Å². The summed E-state index contributed by atoms with van der Waals surface area (Å²) in [6, 6.07) is 3.61. The van der Waals surface area contributed by atoms with E-state index in [1.54, 1.807) is 11.0 Å². The van der Waals surface area contributed by atoms with Gasteiger partial charge in [0.2, 0.25) is 6.41 Å². The van der Waals surface area contributed by atoms with Gasteiger partial charge in [0.1, 0.15) is 5.69 Å². The molecular weight excluding hydrogens is 282 g/mol. The van der Waals surface area contributed by atoms with Gasteiger partial charge in [-0.05, 0) is 50.7 Å². The Morgan fingerprint density at radius 2 is 1.95 bits per heavy atom. The molecule has 6 nitrogen and oxygen atoms in total. The highest BCUT2D eigenvalue weighted by Gasteiger charge is 2.29. The third-order valence-electron chi connectivity index (χ3n) is 4.77. The molecule has 1 amide bonds. The maximum Gasteiger partial charge on any atom is 0.294 e. The van der Waals surface area contributed by atoms with Crippen LogP contribution in [0.25, 0.3) is 0 Å². The quantitative estimate of drug-likeness (QED) is 0.489. The molecule has 0 aliphatic carbocycles. The largest absolute Gasteiger partial charge is 0.366 e. The zero-order chi connectivity index (χ0) is 15.7.